The molecule has 27 heavy (non-hydrogen) atoms. The van der Waals surface area contributed by atoms with Gasteiger partial charge in [0.1, 0.15) is 0 Å². The second-order valence-electron chi connectivity index (χ2n) is 7.89. The molecule has 0 aliphatic heterocycles. The van der Waals surface area contributed by atoms with Crippen LogP contribution < -0.4 is 5.32 Å². The Balaban J connectivity index is 1.61. The molecular formula is C21H29N3O2S. The van der Waals surface area contributed by atoms with E-state index in [0.717, 1.165) is 23.1 Å². The topological polar surface area (TPSA) is 68.0 Å². The monoisotopic (exact) mass is 387 g/mol. The second-order valence-corrected chi connectivity index (χ2v) is 9.18. The van der Waals surface area contributed by atoms with E-state index in [0.29, 0.717) is 22.9 Å². The van der Waals surface area contributed by atoms with Crippen LogP contribution in [-0.2, 0) is 4.79 Å². The molecule has 1 aromatic heterocycles. The number of benzene rings is 1. The van der Waals surface area contributed by atoms with Gasteiger partial charge in [0.05, 0.1) is 5.25 Å². The van der Waals surface area contributed by atoms with Gasteiger partial charge < -0.3 is 9.73 Å². The fraction of sp³-hybridized carbons (Fsp3) is 0.571. The zero-order valence-corrected chi connectivity index (χ0v) is 17.6. The number of aryl methyl sites for hydroxylation is 2. The molecule has 1 N–H and O–H groups in total. The van der Waals surface area contributed by atoms with Crippen molar-refractivity contribution in [3.63, 3.8) is 0 Å². The molecule has 0 spiro atoms. The molecule has 146 valence electrons. The van der Waals surface area contributed by atoms with Gasteiger partial charge in [-0.3, -0.25) is 4.79 Å². The van der Waals surface area contributed by atoms with Crippen molar-refractivity contribution in [2.45, 2.75) is 70.4 Å². The maximum atomic E-state index is 12.6. The minimum Gasteiger partial charge on any atom is -0.411 e. The molecule has 0 radical (unpaired) electrons. The summed E-state index contributed by atoms with van der Waals surface area (Å²) in [5.74, 6) is 1.70. The fourth-order valence-electron chi connectivity index (χ4n) is 3.76. The molecular weight excluding hydrogens is 358 g/mol. The Morgan fingerprint density at radius 2 is 1.89 bits per heavy atom. The summed E-state index contributed by atoms with van der Waals surface area (Å²) < 4.78 is 5.79. The summed E-state index contributed by atoms with van der Waals surface area (Å²) in [6.45, 7) is 10.5. The normalized spacial score (nSPS) is 23.8. The van der Waals surface area contributed by atoms with Crippen LogP contribution in [0.3, 0.4) is 0 Å². The number of nitrogens with zero attached hydrogens (tertiary/aromatic N) is 2. The summed E-state index contributed by atoms with van der Waals surface area (Å²) in [5.41, 5.74) is 3.22. The lowest BCUT2D eigenvalue weighted by atomic mass is 9.78. The zero-order chi connectivity index (χ0) is 19.6. The van der Waals surface area contributed by atoms with E-state index in [-0.39, 0.29) is 17.2 Å². The maximum absolute atomic E-state index is 12.6. The van der Waals surface area contributed by atoms with Gasteiger partial charge in [-0.05, 0) is 51.2 Å². The van der Waals surface area contributed by atoms with Gasteiger partial charge in [-0.2, -0.15) is 0 Å². The lowest BCUT2D eigenvalue weighted by Crippen LogP contribution is -2.46. The van der Waals surface area contributed by atoms with Crippen LogP contribution in [0.2, 0.25) is 0 Å². The number of carbonyl (C=O) groups excluding carboxylic acids is 1. The van der Waals surface area contributed by atoms with Gasteiger partial charge >= 0.3 is 0 Å². The van der Waals surface area contributed by atoms with Crippen LogP contribution >= 0.6 is 11.8 Å². The van der Waals surface area contributed by atoms with E-state index in [1.54, 1.807) is 0 Å². The van der Waals surface area contributed by atoms with Crippen LogP contribution in [0.15, 0.2) is 27.8 Å². The van der Waals surface area contributed by atoms with Crippen molar-refractivity contribution in [1.82, 2.24) is 15.5 Å². The highest BCUT2D eigenvalue weighted by Gasteiger charge is 2.30. The summed E-state index contributed by atoms with van der Waals surface area (Å²) in [6, 6.07) is 6.42. The molecule has 1 aliphatic rings. The highest BCUT2D eigenvalue weighted by Crippen LogP contribution is 2.31. The summed E-state index contributed by atoms with van der Waals surface area (Å²) in [4.78, 5) is 12.6. The molecule has 1 saturated carbocycles. The summed E-state index contributed by atoms with van der Waals surface area (Å²) in [5, 5.41) is 11.6. The second kappa shape index (κ2) is 8.46. The van der Waals surface area contributed by atoms with Crippen molar-refractivity contribution in [3.8, 4) is 11.5 Å². The van der Waals surface area contributed by atoms with Gasteiger partial charge in [0.15, 0.2) is 0 Å². The van der Waals surface area contributed by atoms with Crippen molar-refractivity contribution < 1.29 is 9.21 Å². The first-order valence-electron chi connectivity index (χ1n) is 9.72. The molecule has 0 unspecified atom stereocenters. The molecule has 4 atom stereocenters. The quantitative estimate of drug-likeness (QED) is 0.748. The van der Waals surface area contributed by atoms with E-state index in [1.807, 2.05) is 32.9 Å². The average molecular weight is 388 g/mol. The minimum atomic E-state index is -0.276. The van der Waals surface area contributed by atoms with Crippen molar-refractivity contribution in [1.29, 1.82) is 0 Å². The number of nitrogens with one attached hydrogen (secondary N) is 1. The number of hydrogen-bond donors (Lipinski definition) is 1. The minimum absolute atomic E-state index is 0.0390. The highest BCUT2D eigenvalue weighted by molar-refractivity contribution is 8.00. The van der Waals surface area contributed by atoms with Gasteiger partial charge in [-0.1, -0.05) is 55.6 Å². The number of amides is 1. The summed E-state index contributed by atoms with van der Waals surface area (Å²) >= 11 is 1.31. The predicted octanol–water partition coefficient (Wildman–Crippen LogP) is 4.77. The maximum Gasteiger partial charge on any atom is 0.277 e. The summed E-state index contributed by atoms with van der Waals surface area (Å²) in [7, 11) is 0. The number of aromatic nitrogens is 2. The van der Waals surface area contributed by atoms with E-state index in [1.165, 1.54) is 24.6 Å². The highest BCUT2D eigenvalue weighted by atomic mass is 32.2. The van der Waals surface area contributed by atoms with Crippen molar-refractivity contribution in [3.05, 3.63) is 29.3 Å². The lowest BCUT2D eigenvalue weighted by molar-refractivity contribution is -0.121. The molecule has 1 aliphatic carbocycles. The van der Waals surface area contributed by atoms with Gasteiger partial charge in [0.25, 0.3) is 5.22 Å². The van der Waals surface area contributed by atoms with Crippen LogP contribution in [0.1, 0.15) is 51.2 Å². The molecule has 0 bridgehead atoms. The molecule has 6 heteroatoms. The first-order valence-corrected chi connectivity index (χ1v) is 10.6. The molecule has 0 saturated heterocycles. The number of carbonyl (C=O) groups is 1. The Morgan fingerprint density at radius 3 is 2.59 bits per heavy atom. The van der Waals surface area contributed by atoms with Crippen molar-refractivity contribution in [2.75, 3.05) is 0 Å². The largest absolute Gasteiger partial charge is 0.411 e. The third-order valence-corrected chi connectivity index (χ3v) is 6.49. The summed E-state index contributed by atoms with van der Waals surface area (Å²) in [6.07, 6.45) is 3.49. The van der Waals surface area contributed by atoms with Crippen LogP contribution in [0.25, 0.3) is 11.5 Å². The Labute approximate surface area is 165 Å². The number of hydrogen-bond acceptors (Lipinski definition) is 5. The van der Waals surface area contributed by atoms with E-state index >= 15 is 0 Å². The standard InChI is InChI=1S/C21H29N3O2S/c1-12-9-13(2)11-17(10-12)20-23-24-21(26-20)27-16(5)19(25)22-18-8-6-7-14(3)15(18)4/h9-11,14-16,18H,6-8H2,1-5H3,(H,22,25)/t14-,15-,16-,18-/m0/s1. The van der Waals surface area contributed by atoms with Crippen molar-refractivity contribution in [2.24, 2.45) is 11.8 Å². The first kappa shape index (κ1) is 19.9. The third-order valence-electron chi connectivity index (χ3n) is 5.56. The SMILES string of the molecule is Cc1cc(C)cc(-c2nnc(S[C@@H](C)C(=O)N[C@H]3CCC[C@H](C)[C@@H]3C)o2)c1. The van der Waals surface area contributed by atoms with Gasteiger partial charge in [-0.15, -0.1) is 10.2 Å². The molecule has 1 amide bonds. The smallest absolute Gasteiger partial charge is 0.277 e. The Morgan fingerprint density at radius 1 is 1.19 bits per heavy atom. The third kappa shape index (κ3) is 4.92. The van der Waals surface area contributed by atoms with E-state index in [4.69, 9.17) is 4.42 Å². The van der Waals surface area contributed by atoms with E-state index in [2.05, 4.69) is 35.4 Å². The molecule has 2 aromatic rings. The molecule has 1 fully saturated rings. The van der Waals surface area contributed by atoms with Gasteiger partial charge in [0.2, 0.25) is 11.8 Å². The van der Waals surface area contributed by atoms with Crippen LogP contribution in [0, 0.1) is 25.7 Å². The molecule has 3 rings (SSSR count). The molecule has 1 heterocycles. The Bertz CT molecular complexity index is 784. The van der Waals surface area contributed by atoms with Crippen molar-refractivity contribution >= 4 is 17.7 Å². The lowest BCUT2D eigenvalue weighted by Gasteiger charge is -2.35. The van der Waals surface area contributed by atoms with Gasteiger partial charge in [-0.25, -0.2) is 0 Å². The molecule has 5 nitrogen and oxygen atoms in total. The predicted molar refractivity (Wildman–Crippen MR) is 109 cm³/mol. The zero-order valence-electron chi connectivity index (χ0n) is 16.8. The van der Waals surface area contributed by atoms with Crippen LogP contribution in [-0.4, -0.2) is 27.4 Å². The van der Waals surface area contributed by atoms with Crippen LogP contribution in [0.4, 0.5) is 0 Å². The Hall–Kier alpha value is -1.82. The Kier molecular flexibility index (Phi) is 6.25. The van der Waals surface area contributed by atoms with E-state index in [9.17, 15) is 4.79 Å². The van der Waals surface area contributed by atoms with Crippen LogP contribution in [0.5, 0.6) is 0 Å². The molecule has 1 aromatic carbocycles. The first-order chi connectivity index (χ1) is 12.8. The number of rotatable bonds is 5. The fourth-order valence-corrected chi connectivity index (χ4v) is 4.46. The average Bonchev–Trinajstić information content (AvgIpc) is 3.06. The number of thioether (sulfide) groups is 1. The van der Waals surface area contributed by atoms with Gasteiger partial charge in [0, 0.05) is 11.6 Å². The van der Waals surface area contributed by atoms with E-state index < -0.39 is 0 Å².